The van der Waals surface area contributed by atoms with E-state index in [4.69, 9.17) is 4.74 Å². The Morgan fingerprint density at radius 1 is 1.12 bits per heavy atom. The molecule has 0 radical (unpaired) electrons. The second kappa shape index (κ2) is 10.4. The van der Waals surface area contributed by atoms with Crippen molar-refractivity contribution in [2.75, 3.05) is 31.6 Å². The van der Waals surface area contributed by atoms with Gasteiger partial charge in [0.1, 0.15) is 0 Å². The maximum atomic E-state index is 12.0. The van der Waals surface area contributed by atoms with E-state index in [0.29, 0.717) is 6.54 Å². The van der Waals surface area contributed by atoms with Gasteiger partial charge in [-0.25, -0.2) is 0 Å². The summed E-state index contributed by atoms with van der Waals surface area (Å²) < 4.78 is 5.47. The Labute approximate surface area is 155 Å². The van der Waals surface area contributed by atoms with Crippen LogP contribution in [0.15, 0.2) is 12.1 Å². The number of rotatable bonds is 7. The number of anilines is 1. The summed E-state index contributed by atoms with van der Waals surface area (Å²) in [5.74, 6) is -0.418. The van der Waals surface area contributed by atoms with Crippen molar-refractivity contribution in [1.82, 2.24) is 10.6 Å². The molecule has 25 heavy (non-hydrogen) atoms. The van der Waals surface area contributed by atoms with E-state index in [1.54, 1.807) is 0 Å². The summed E-state index contributed by atoms with van der Waals surface area (Å²) in [6.45, 7) is 7.57. The molecule has 7 heteroatoms. The van der Waals surface area contributed by atoms with Gasteiger partial charge in [-0.1, -0.05) is 17.7 Å². The van der Waals surface area contributed by atoms with E-state index in [-0.39, 0.29) is 43.4 Å². The number of aryl methyl sites for hydroxylation is 3. The van der Waals surface area contributed by atoms with Crippen LogP contribution >= 0.6 is 12.4 Å². The Hall–Kier alpha value is -1.63. The van der Waals surface area contributed by atoms with Crippen LogP contribution < -0.4 is 16.0 Å². The molecule has 1 aromatic rings. The van der Waals surface area contributed by atoms with E-state index < -0.39 is 0 Å². The monoisotopic (exact) mass is 369 g/mol. The predicted molar refractivity (Wildman–Crippen MR) is 101 cm³/mol. The molecule has 1 aliphatic heterocycles. The van der Waals surface area contributed by atoms with Crippen molar-refractivity contribution in [2.24, 2.45) is 0 Å². The molecule has 0 saturated carbocycles. The maximum Gasteiger partial charge on any atom is 0.243 e. The second-order valence-corrected chi connectivity index (χ2v) is 6.36. The van der Waals surface area contributed by atoms with Crippen LogP contribution in [0.3, 0.4) is 0 Å². The van der Waals surface area contributed by atoms with Crippen molar-refractivity contribution >= 4 is 29.9 Å². The first kappa shape index (κ1) is 21.4. The number of hydrogen-bond donors (Lipinski definition) is 3. The number of nitrogens with one attached hydrogen (secondary N) is 3. The first-order chi connectivity index (χ1) is 11.5. The third-order valence-electron chi connectivity index (χ3n) is 4.07. The van der Waals surface area contributed by atoms with E-state index in [9.17, 15) is 9.59 Å². The Balaban J connectivity index is 0.00000312. The lowest BCUT2D eigenvalue weighted by Gasteiger charge is -2.13. The van der Waals surface area contributed by atoms with Crippen molar-refractivity contribution in [3.63, 3.8) is 0 Å². The zero-order valence-corrected chi connectivity index (χ0v) is 15.9. The molecule has 0 aromatic heterocycles. The minimum Gasteiger partial charge on any atom is -0.377 e. The molecule has 0 aliphatic carbocycles. The summed E-state index contributed by atoms with van der Waals surface area (Å²) in [5.41, 5.74) is 4.01. The first-order valence-corrected chi connectivity index (χ1v) is 8.42. The Bertz CT molecular complexity index is 578. The van der Waals surface area contributed by atoms with Gasteiger partial charge >= 0.3 is 0 Å². The first-order valence-electron chi connectivity index (χ1n) is 8.42. The Morgan fingerprint density at radius 2 is 1.80 bits per heavy atom. The van der Waals surface area contributed by atoms with E-state index in [1.165, 1.54) is 0 Å². The number of ether oxygens (including phenoxy) is 1. The highest BCUT2D eigenvalue weighted by Gasteiger charge is 2.15. The summed E-state index contributed by atoms with van der Waals surface area (Å²) in [6.07, 6.45) is 2.32. The lowest BCUT2D eigenvalue weighted by Crippen LogP contribution is -2.40. The van der Waals surface area contributed by atoms with Gasteiger partial charge in [0.2, 0.25) is 11.8 Å². The average molecular weight is 370 g/mol. The average Bonchev–Trinajstić information content (AvgIpc) is 3.02. The quantitative estimate of drug-likeness (QED) is 0.685. The number of amides is 2. The number of halogens is 1. The van der Waals surface area contributed by atoms with Gasteiger partial charge in [-0.15, -0.1) is 12.4 Å². The summed E-state index contributed by atoms with van der Waals surface area (Å²) in [7, 11) is 0. The number of carbonyl (C=O) groups is 2. The molecule has 1 heterocycles. The second-order valence-electron chi connectivity index (χ2n) is 6.36. The molecular formula is C18H28ClN3O3. The minimum atomic E-state index is -0.225. The van der Waals surface area contributed by atoms with Crippen molar-refractivity contribution < 1.29 is 14.3 Å². The number of benzene rings is 1. The van der Waals surface area contributed by atoms with Gasteiger partial charge in [0.05, 0.1) is 19.2 Å². The van der Waals surface area contributed by atoms with Crippen LogP contribution in [0.4, 0.5) is 5.69 Å². The van der Waals surface area contributed by atoms with Crippen LogP contribution in [0.2, 0.25) is 0 Å². The molecule has 2 rings (SSSR count). The lowest BCUT2D eigenvalue weighted by atomic mass is 10.1. The highest BCUT2D eigenvalue weighted by molar-refractivity contribution is 5.96. The molecular weight excluding hydrogens is 342 g/mol. The zero-order valence-electron chi connectivity index (χ0n) is 15.1. The van der Waals surface area contributed by atoms with E-state index in [1.807, 2.05) is 32.9 Å². The van der Waals surface area contributed by atoms with Gasteiger partial charge in [-0.05, 0) is 44.7 Å². The van der Waals surface area contributed by atoms with Crippen LogP contribution in [0.1, 0.15) is 29.5 Å². The van der Waals surface area contributed by atoms with Gasteiger partial charge in [-0.2, -0.15) is 0 Å². The highest BCUT2D eigenvalue weighted by atomic mass is 35.5. The van der Waals surface area contributed by atoms with Gasteiger partial charge in [0, 0.05) is 18.8 Å². The van der Waals surface area contributed by atoms with Crippen molar-refractivity contribution in [3.8, 4) is 0 Å². The van der Waals surface area contributed by atoms with Crippen molar-refractivity contribution in [1.29, 1.82) is 0 Å². The van der Waals surface area contributed by atoms with Crippen LogP contribution in [0.25, 0.3) is 0 Å². The minimum absolute atomic E-state index is 0. The maximum absolute atomic E-state index is 12.0. The normalized spacial score (nSPS) is 16.2. The smallest absolute Gasteiger partial charge is 0.243 e. The molecule has 1 atom stereocenters. The van der Waals surface area contributed by atoms with Crippen molar-refractivity contribution in [3.05, 3.63) is 28.8 Å². The van der Waals surface area contributed by atoms with Gasteiger partial charge in [-0.3, -0.25) is 9.59 Å². The highest BCUT2D eigenvalue weighted by Crippen LogP contribution is 2.21. The fraction of sp³-hybridized carbons (Fsp3) is 0.556. The summed E-state index contributed by atoms with van der Waals surface area (Å²) >= 11 is 0. The fourth-order valence-corrected chi connectivity index (χ4v) is 2.95. The molecule has 1 saturated heterocycles. The molecule has 1 aromatic carbocycles. The number of hydrogen-bond acceptors (Lipinski definition) is 4. The van der Waals surface area contributed by atoms with Crippen molar-refractivity contribution in [2.45, 2.75) is 39.7 Å². The number of carbonyl (C=O) groups excluding carboxylic acids is 2. The Morgan fingerprint density at radius 3 is 2.40 bits per heavy atom. The zero-order chi connectivity index (χ0) is 17.5. The molecule has 0 spiro atoms. The third kappa shape index (κ3) is 7.02. The predicted octanol–water partition coefficient (Wildman–Crippen LogP) is 1.86. The van der Waals surface area contributed by atoms with E-state index in [0.717, 1.165) is 41.8 Å². The fourth-order valence-electron chi connectivity index (χ4n) is 2.95. The van der Waals surface area contributed by atoms with Gasteiger partial charge < -0.3 is 20.7 Å². The third-order valence-corrected chi connectivity index (χ3v) is 4.07. The summed E-state index contributed by atoms with van der Waals surface area (Å²) in [4.78, 5) is 23.8. The Kier molecular flexibility index (Phi) is 8.89. The molecule has 6 nitrogen and oxygen atoms in total. The standard InChI is InChI=1S/C18H27N3O3.ClH/c1-12-7-13(2)18(14(3)8-12)21-17(23)11-20-16(22)10-19-9-15-5-4-6-24-15;/h7-8,15,19H,4-6,9-11H2,1-3H3,(H,20,22)(H,21,23);1H. The topological polar surface area (TPSA) is 79.5 Å². The van der Waals surface area contributed by atoms with Crippen LogP contribution in [-0.4, -0.2) is 44.2 Å². The van der Waals surface area contributed by atoms with Crippen LogP contribution in [0.5, 0.6) is 0 Å². The molecule has 2 amide bonds. The van der Waals surface area contributed by atoms with E-state index in [2.05, 4.69) is 16.0 Å². The SMILES string of the molecule is Cc1cc(C)c(NC(=O)CNC(=O)CNCC2CCCO2)c(C)c1.Cl. The van der Waals surface area contributed by atoms with Gasteiger partial charge in [0.15, 0.2) is 0 Å². The molecule has 1 fully saturated rings. The largest absolute Gasteiger partial charge is 0.377 e. The molecule has 0 bridgehead atoms. The molecule has 140 valence electrons. The van der Waals surface area contributed by atoms with E-state index >= 15 is 0 Å². The lowest BCUT2D eigenvalue weighted by molar-refractivity contribution is -0.123. The van der Waals surface area contributed by atoms with Gasteiger partial charge in [0.25, 0.3) is 0 Å². The molecule has 1 unspecified atom stereocenters. The molecule has 3 N–H and O–H groups in total. The van der Waals surface area contributed by atoms with Crippen LogP contribution in [-0.2, 0) is 14.3 Å². The molecule has 1 aliphatic rings. The summed E-state index contributed by atoms with van der Waals surface area (Å²) in [5, 5.41) is 8.55. The summed E-state index contributed by atoms with van der Waals surface area (Å²) in [6, 6.07) is 4.05. The van der Waals surface area contributed by atoms with Crippen LogP contribution in [0, 0.1) is 20.8 Å².